The maximum Gasteiger partial charge on any atom is 0.334 e. The Bertz CT molecular complexity index is 296. The number of esters is 2. The lowest BCUT2D eigenvalue weighted by atomic mass is 10.1. The van der Waals surface area contributed by atoms with Gasteiger partial charge in [0.2, 0.25) is 0 Å². The average molecular weight is 198 g/mol. The van der Waals surface area contributed by atoms with Crippen molar-refractivity contribution in [2.45, 2.75) is 12.8 Å². The average Bonchev–Trinajstić information content (AvgIpc) is 2.58. The Balaban J connectivity index is 3.00. The minimum atomic E-state index is -0.642. The minimum absolute atomic E-state index is 0.0445. The quantitative estimate of drug-likeness (QED) is 0.584. The van der Waals surface area contributed by atoms with Gasteiger partial charge in [0, 0.05) is 12.8 Å². The molecule has 0 saturated heterocycles. The highest BCUT2D eigenvalue weighted by molar-refractivity contribution is 6.10. The zero-order chi connectivity index (χ0) is 10.7. The van der Waals surface area contributed by atoms with E-state index in [-0.39, 0.29) is 29.8 Å². The minimum Gasteiger partial charge on any atom is -0.466 e. The van der Waals surface area contributed by atoms with Crippen LogP contribution in [0.4, 0.5) is 0 Å². The van der Waals surface area contributed by atoms with E-state index in [0.29, 0.717) is 0 Å². The van der Waals surface area contributed by atoms with Crippen LogP contribution in [0, 0.1) is 0 Å². The van der Waals surface area contributed by atoms with Crippen LogP contribution in [-0.4, -0.2) is 31.9 Å². The molecule has 0 unspecified atom stereocenters. The van der Waals surface area contributed by atoms with Crippen LogP contribution in [0.3, 0.4) is 0 Å². The second-order valence-electron chi connectivity index (χ2n) is 2.83. The summed E-state index contributed by atoms with van der Waals surface area (Å²) < 4.78 is 8.90. The molecule has 0 heterocycles. The zero-order valence-corrected chi connectivity index (χ0v) is 7.96. The van der Waals surface area contributed by atoms with E-state index in [2.05, 4.69) is 9.47 Å². The predicted molar refractivity (Wildman–Crippen MR) is 45.3 cm³/mol. The highest BCUT2D eigenvalue weighted by Gasteiger charge is 2.31. The Hall–Kier alpha value is -1.65. The van der Waals surface area contributed by atoms with Crippen molar-refractivity contribution in [3.8, 4) is 0 Å². The van der Waals surface area contributed by atoms with Gasteiger partial charge in [-0.25, -0.2) is 9.59 Å². The van der Waals surface area contributed by atoms with Gasteiger partial charge in [0.25, 0.3) is 0 Å². The first-order valence-corrected chi connectivity index (χ1v) is 4.00. The van der Waals surface area contributed by atoms with Crippen LogP contribution in [0.1, 0.15) is 12.8 Å². The molecule has 0 amide bonds. The van der Waals surface area contributed by atoms with E-state index in [9.17, 15) is 14.4 Å². The standard InChI is InChI=1S/C9H10O5/c1-13-8(11)6-3-5(10)4-7(6)9(12)14-2/h3-4H2,1-2H3. The maximum atomic E-state index is 11.2. The molecule has 0 atom stereocenters. The molecule has 1 aliphatic carbocycles. The van der Waals surface area contributed by atoms with Crippen molar-refractivity contribution in [3.63, 3.8) is 0 Å². The van der Waals surface area contributed by atoms with Crippen molar-refractivity contribution in [1.29, 1.82) is 0 Å². The highest BCUT2D eigenvalue weighted by atomic mass is 16.5. The molecule has 0 aromatic carbocycles. The summed E-state index contributed by atoms with van der Waals surface area (Å²) in [6.07, 6.45) is -0.0891. The monoisotopic (exact) mass is 198 g/mol. The predicted octanol–water partition coefficient (Wildman–Crippen LogP) is -0.00810. The van der Waals surface area contributed by atoms with E-state index in [4.69, 9.17) is 0 Å². The van der Waals surface area contributed by atoms with Crippen LogP contribution < -0.4 is 0 Å². The van der Waals surface area contributed by atoms with Gasteiger partial charge < -0.3 is 9.47 Å². The van der Waals surface area contributed by atoms with Gasteiger partial charge in [-0.3, -0.25) is 4.79 Å². The van der Waals surface area contributed by atoms with Crippen molar-refractivity contribution in [2.75, 3.05) is 14.2 Å². The van der Waals surface area contributed by atoms with Crippen LogP contribution in [0.2, 0.25) is 0 Å². The number of methoxy groups -OCH3 is 2. The summed E-state index contributed by atoms with van der Waals surface area (Å²) in [5.74, 6) is -1.46. The highest BCUT2D eigenvalue weighted by Crippen LogP contribution is 2.24. The first-order valence-electron chi connectivity index (χ1n) is 4.00. The van der Waals surface area contributed by atoms with Gasteiger partial charge in [-0.05, 0) is 0 Å². The van der Waals surface area contributed by atoms with Crippen LogP contribution in [0.25, 0.3) is 0 Å². The molecule has 14 heavy (non-hydrogen) atoms. The fourth-order valence-corrected chi connectivity index (χ4v) is 1.31. The third-order valence-electron chi connectivity index (χ3n) is 1.98. The van der Waals surface area contributed by atoms with Gasteiger partial charge in [0.05, 0.1) is 25.4 Å². The summed E-state index contributed by atoms with van der Waals surface area (Å²) in [5, 5.41) is 0. The summed E-state index contributed by atoms with van der Waals surface area (Å²) in [5.41, 5.74) is 0.230. The lowest BCUT2D eigenvalue weighted by molar-refractivity contribution is -0.139. The number of rotatable bonds is 2. The Morgan fingerprint density at radius 3 is 1.64 bits per heavy atom. The van der Waals surface area contributed by atoms with Crippen LogP contribution in [0.15, 0.2) is 11.1 Å². The van der Waals surface area contributed by atoms with E-state index < -0.39 is 11.9 Å². The number of ether oxygens (including phenoxy) is 2. The number of ketones is 1. The van der Waals surface area contributed by atoms with Crippen molar-refractivity contribution in [2.24, 2.45) is 0 Å². The molecule has 0 aromatic rings. The SMILES string of the molecule is COC(=O)C1=C(C(=O)OC)CC(=O)C1. The number of carbonyl (C=O) groups excluding carboxylic acids is 3. The molecule has 1 rings (SSSR count). The third-order valence-corrected chi connectivity index (χ3v) is 1.98. The molecule has 0 spiro atoms. The zero-order valence-electron chi connectivity index (χ0n) is 7.96. The van der Waals surface area contributed by atoms with Crippen LogP contribution >= 0.6 is 0 Å². The van der Waals surface area contributed by atoms with Gasteiger partial charge in [-0.2, -0.15) is 0 Å². The van der Waals surface area contributed by atoms with E-state index >= 15 is 0 Å². The second kappa shape index (κ2) is 4.04. The number of hydrogen-bond donors (Lipinski definition) is 0. The molecule has 0 aromatic heterocycles. The fourth-order valence-electron chi connectivity index (χ4n) is 1.31. The van der Waals surface area contributed by atoms with Crippen molar-refractivity contribution >= 4 is 17.7 Å². The summed E-state index contributed by atoms with van der Waals surface area (Å²) in [6, 6.07) is 0. The van der Waals surface area contributed by atoms with E-state index in [1.54, 1.807) is 0 Å². The normalized spacial score (nSPS) is 15.7. The molecule has 0 saturated carbocycles. The molecule has 76 valence electrons. The molecule has 0 N–H and O–H groups in total. The molecule has 5 nitrogen and oxygen atoms in total. The fraction of sp³-hybridized carbons (Fsp3) is 0.444. The van der Waals surface area contributed by atoms with Crippen molar-refractivity contribution in [3.05, 3.63) is 11.1 Å². The van der Waals surface area contributed by atoms with Gasteiger partial charge >= 0.3 is 11.9 Å². The topological polar surface area (TPSA) is 69.7 Å². The van der Waals surface area contributed by atoms with Gasteiger partial charge in [-0.1, -0.05) is 0 Å². The Kier molecular flexibility index (Phi) is 3.01. The summed E-state index contributed by atoms with van der Waals surface area (Å²) >= 11 is 0. The molecule has 5 heteroatoms. The number of carbonyl (C=O) groups is 3. The number of Topliss-reactive ketones (excluding diaryl/α,β-unsaturated/α-hetero) is 1. The van der Waals surface area contributed by atoms with E-state index in [0.717, 1.165) is 0 Å². The van der Waals surface area contributed by atoms with E-state index in [1.807, 2.05) is 0 Å². The molecule has 0 fully saturated rings. The van der Waals surface area contributed by atoms with Gasteiger partial charge in [0.15, 0.2) is 0 Å². The van der Waals surface area contributed by atoms with Crippen molar-refractivity contribution in [1.82, 2.24) is 0 Å². The number of hydrogen-bond acceptors (Lipinski definition) is 5. The van der Waals surface area contributed by atoms with Crippen LogP contribution in [0.5, 0.6) is 0 Å². The first kappa shape index (κ1) is 10.4. The Morgan fingerprint density at radius 1 is 1.00 bits per heavy atom. The lowest BCUT2D eigenvalue weighted by Crippen LogP contribution is -2.10. The molecular formula is C9H10O5. The van der Waals surface area contributed by atoms with Gasteiger partial charge in [-0.15, -0.1) is 0 Å². The maximum absolute atomic E-state index is 11.2. The largest absolute Gasteiger partial charge is 0.466 e. The van der Waals surface area contributed by atoms with E-state index in [1.165, 1.54) is 14.2 Å². The van der Waals surface area contributed by atoms with Crippen molar-refractivity contribution < 1.29 is 23.9 Å². The second-order valence-corrected chi connectivity index (χ2v) is 2.83. The molecule has 0 bridgehead atoms. The Labute approximate surface area is 80.7 Å². The Morgan fingerprint density at radius 2 is 1.36 bits per heavy atom. The summed E-state index contributed by atoms with van der Waals surface area (Å²) in [6.45, 7) is 0. The molecule has 1 aliphatic rings. The summed E-state index contributed by atoms with van der Waals surface area (Å²) in [4.78, 5) is 33.3. The molecule has 0 aliphatic heterocycles. The first-order chi connectivity index (χ1) is 6.60. The molecular weight excluding hydrogens is 188 g/mol. The lowest BCUT2D eigenvalue weighted by Gasteiger charge is -2.02. The smallest absolute Gasteiger partial charge is 0.334 e. The van der Waals surface area contributed by atoms with Crippen LogP contribution in [-0.2, 0) is 23.9 Å². The summed E-state index contributed by atoms with van der Waals surface area (Å²) in [7, 11) is 2.40. The third kappa shape index (κ3) is 1.81. The molecule has 0 radical (unpaired) electrons. The van der Waals surface area contributed by atoms with Gasteiger partial charge in [0.1, 0.15) is 5.78 Å².